The summed E-state index contributed by atoms with van der Waals surface area (Å²) in [6.07, 6.45) is 5.93. The van der Waals surface area contributed by atoms with Crippen molar-refractivity contribution in [3.05, 3.63) is 35.4 Å². The molecule has 0 bridgehead atoms. The maximum Gasteiger partial charge on any atom is 0.0870 e. The van der Waals surface area contributed by atoms with E-state index in [0.717, 1.165) is 12.8 Å². The van der Waals surface area contributed by atoms with E-state index >= 15 is 0 Å². The zero-order valence-corrected chi connectivity index (χ0v) is 12.5. The first-order valence-corrected chi connectivity index (χ1v) is 7.49. The molecule has 1 aromatic rings. The molecule has 2 N–H and O–H groups in total. The molecule has 1 saturated carbocycles. The highest BCUT2D eigenvalue weighted by Gasteiger charge is 2.38. The summed E-state index contributed by atoms with van der Waals surface area (Å²) in [6.45, 7) is 4.43. The second-order valence-corrected chi connectivity index (χ2v) is 6.13. The molecule has 0 saturated heterocycles. The van der Waals surface area contributed by atoms with Gasteiger partial charge in [0.25, 0.3) is 0 Å². The second kappa shape index (κ2) is 6.06. The van der Waals surface area contributed by atoms with E-state index in [0.29, 0.717) is 5.92 Å². The summed E-state index contributed by atoms with van der Waals surface area (Å²) in [5, 5.41) is 0. The third-order valence-electron chi connectivity index (χ3n) is 4.64. The van der Waals surface area contributed by atoms with Crippen molar-refractivity contribution in [1.82, 2.24) is 0 Å². The fourth-order valence-electron chi connectivity index (χ4n) is 3.18. The lowest BCUT2D eigenvalue weighted by atomic mass is 9.77. The Morgan fingerprint density at radius 3 is 2.00 bits per heavy atom. The first-order valence-electron chi connectivity index (χ1n) is 7.49. The van der Waals surface area contributed by atoms with E-state index in [9.17, 15) is 0 Å². The van der Waals surface area contributed by atoms with Gasteiger partial charge in [0.05, 0.1) is 11.6 Å². The molecule has 1 fully saturated rings. The molecule has 1 aliphatic carbocycles. The Hall–Kier alpha value is -0.860. The van der Waals surface area contributed by atoms with Gasteiger partial charge < -0.3 is 10.5 Å². The smallest absolute Gasteiger partial charge is 0.0870 e. The molecule has 19 heavy (non-hydrogen) atoms. The maximum atomic E-state index is 6.52. The number of rotatable bonds is 4. The van der Waals surface area contributed by atoms with E-state index in [-0.39, 0.29) is 11.6 Å². The quantitative estimate of drug-likeness (QED) is 0.883. The average molecular weight is 261 g/mol. The molecule has 1 aliphatic rings. The van der Waals surface area contributed by atoms with Gasteiger partial charge in [0.2, 0.25) is 0 Å². The van der Waals surface area contributed by atoms with Crippen molar-refractivity contribution in [3.63, 3.8) is 0 Å². The zero-order valence-electron chi connectivity index (χ0n) is 12.5. The van der Waals surface area contributed by atoms with Gasteiger partial charge in [-0.25, -0.2) is 0 Å². The fourth-order valence-corrected chi connectivity index (χ4v) is 3.18. The molecule has 1 atom stereocenters. The number of ether oxygens (including phenoxy) is 1. The lowest BCUT2D eigenvalue weighted by Gasteiger charge is -2.41. The molecular weight excluding hydrogens is 234 g/mol. The van der Waals surface area contributed by atoms with Crippen LogP contribution in [-0.2, 0) is 4.74 Å². The standard InChI is InChI=1S/C17H27NO/c1-13(2)14-7-9-15(10-8-14)16(18)17(19-3)11-5-4-6-12-17/h7-10,13,16H,4-6,11-12,18H2,1-3H3. The number of nitrogens with two attached hydrogens (primary N) is 1. The largest absolute Gasteiger partial charge is 0.376 e. The van der Waals surface area contributed by atoms with Gasteiger partial charge in [-0.15, -0.1) is 0 Å². The van der Waals surface area contributed by atoms with Gasteiger partial charge in [-0.05, 0) is 29.9 Å². The molecule has 0 radical (unpaired) electrons. The summed E-state index contributed by atoms with van der Waals surface area (Å²) in [7, 11) is 1.81. The van der Waals surface area contributed by atoms with Crippen molar-refractivity contribution >= 4 is 0 Å². The molecule has 0 aromatic heterocycles. The molecule has 2 rings (SSSR count). The summed E-state index contributed by atoms with van der Waals surface area (Å²) in [5.74, 6) is 0.566. The van der Waals surface area contributed by atoms with Crippen molar-refractivity contribution in [3.8, 4) is 0 Å². The third kappa shape index (κ3) is 3.01. The van der Waals surface area contributed by atoms with Gasteiger partial charge in [-0.3, -0.25) is 0 Å². The minimum atomic E-state index is -0.155. The molecular formula is C17H27NO. The predicted octanol–water partition coefficient (Wildman–Crippen LogP) is 4.16. The first-order chi connectivity index (χ1) is 9.09. The van der Waals surface area contributed by atoms with E-state index in [4.69, 9.17) is 10.5 Å². The van der Waals surface area contributed by atoms with Gasteiger partial charge in [-0.1, -0.05) is 57.4 Å². The van der Waals surface area contributed by atoms with Crippen molar-refractivity contribution < 1.29 is 4.74 Å². The van der Waals surface area contributed by atoms with Crippen LogP contribution in [-0.4, -0.2) is 12.7 Å². The SMILES string of the molecule is COC1(C(N)c2ccc(C(C)C)cc2)CCCCC1. The fraction of sp³-hybridized carbons (Fsp3) is 0.647. The van der Waals surface area contributed by atoms with Crippen LogP contribution in [0.15, 0.2) is 24.3 Å². The van der Waals surface area contributed by atoms with E-state index in [1.165, 1.54) is 30.4 Å². The lowest BCUT2D eigenvalue weighted by Crippen LogP contribution is -2.44. The number of hydrogen-bond acceptors (Lipinski definition) is 2. The summed E-state index contributed by atoms with van der Waals surface area (Å²) in [4.78, 5) is 0. The summed E-state index contributed by atoms with van der Waals surface area (Å²) >= 11 is 0. The second-order valence-electron chi connectivity index (χ2n) is 6.13. The maximum absolute atomic E-state index is 6.52. The van der Waals surface area contributed by atoms with Gasteiger partial charge in [0.1, 0.15) is 0 Å². The molecule has 2 heteroatoms. The normalized spacial score (nSPS) is 20.5. The Kier molecular flexibility index (Phi) is 4.64. The van der Waals surface area contributed by atoms with Gasteiger partial charge in [0.15, 0.2) is 0 Å². The molecule has 1 aromatic carbocycles. The van der Waals surface area contributed by atoms with E-state index in [1.54, 1.807) is 0 Å². The molecule has 106 valence electrons. The lowest BCUT2D eigenvalue weighted by molar-refractivity contribution is -0.0595. The Morgan fingerprint density at radius 2 is 1.53 bits per heavy atom. The van der Waals surface area contributed by atoms with Crippen LogP contribution in [0.1, 0.15) is 69.0 Å². The van der Waals surface area contributed by atoms with Crippen LogP contribution in [0.5, 0.6) is 0 Å². The molecule has 2 nitrogen and oxygen atoms in total. The molecule has 0 amide bonds. The monoisotopic (exact) mass is 261 g/mol. The summed E-state index contributed by atoms with van der Waals surface area (Å²) in [5.41, 5.74) is 8.93. The number of hydrogen-bond donors (Lipinski definition) is 1. The van der Waals surface area contributed by atoms with Gasteiger partial charge in [0, 0.05) is 7.11 Å². The van der Waals surface area contributed by atoms with Crippen LogP contribution in [0.2, 0.25) is 0 Å². The van der Waals surface area contributed by atoms with Crippen LogP contribution >= 0.6 is 0 Å². The van der Waals surface area contributed by atoms with Crippen LogP contribution in [0.3, 0.4) is 0 Å². The topological polar surface area (TPSA) is 35.2 Å². The molecule has 1 unspecified atom stereocenters. The Morgan fingerprint density at radius 1 is 1.00 bits per heavy atom. The average Bonchev–Trinajstić information content (AvgIpc) is 2.47. The van der Waals surface area contributed by atoms with Crippen molar-refractivity contribution in [2.24, 2.45) is 5.73 Å². The minimum absolute atomic E-state index is 0.0148. The van der Waals surface area contributed by atoms with E-state index in [2.05, 4.69) is 38.1 Å². The summed E-state index contributed by atoms with van der Waals surface area (Å²) in [6, 6.07) is 8.74. The van der Waals surface area contributed by atoms with Crippen LogP contribution < -0.4 is 5.73 Å². The van der Waals surface area contributed by atoms with E-state index in [1.807, 2.05) is 7.11 Å². The Labute approximate surface area is 117 Å². The highest BCUT2D eigenvalue weighted by molar-refractivity contribution is 5.28. The first kappa shape index (κ1) is 14.5. The number of benzene rings is 1. The summed E-state index contributed by atoms with van der Waals surface area (Å²) < 4.78 is 5.85. The van der Waals surface area contributed by atoms with Crippen LogP contribution in [0.25, 0.3) is 0 Å². The van der Waals surface area contributed by atoms with Crippen LogP contribution in [0, 0.1) is 0 Å². The van der Waals surface area contributed by atoms with Crippen molar-refractivity contribution in [2.75, 3.05) is 7.11 Å². The minimum Gasteiger partial charge on any atom is -0.376 e. The highest BCUT2D eigenvalue weighted by Crippen LogP contribution is 2.39. The van der Waals surface area contributed by atoms with Crippen LogP contribution in [0.4, 0.5) is 0 Å². The van der Waals surface area contributed by atoms with Crippen molar-refractivity contribution in [2.45, 2.75) is 63.5 Å². The Balaban J connectivity index is 2.19. The third-order valence-corrected chi connectivity index (χ3v) is 4.64. The zero-order chi connectivity index (χ0) is 13.9. The molecule has 0 spiro atoms. The van der Waals surface area contributed by atoms with Gasteiger partial charge in [-0.2, -0.15) is 0 Å². The molecule has 0 aliphatic heterocycles. The molecule has 0 heterocycles. The number of methoxy groups -OCH3 is 1. The van der Waals surface area contributed by atoms with Gasteiger partial charge >= 0.3 is 0 Å². The predicted molar refractivity (Wildman–Crippen MR) is 80.3 cm³/mol. The van der Waals surface area contributed by atoms with Crippen molar-refractivity contribution in [1.29, 1.82) is 0 Å². The Bertz CT molecular complexity index is 390. The highest BCUT2D eigenvalue weighted by atomic mass is 16.5. The van der Waals surface area contributed by atoms with E-state index < -0.39 is 0 Å².